The number of rotatable bonds is 1. The number of fused-ring (bicyclic) bond motifs is 5. The molecule has 2 aromatic heterocycles. The largest absolute Gasteiger partial charge is 0.497 e. The molecule has 6 heteroatoms. The van der Waals surface area contributed by atoms with Crippen molar-refractivity contribution >= 4 is 0 Å². The maximum atomic E-state index is 5.31. The van der Waals surface area contributed by atoms with Gasteiger partial charge in [0.25, 0.3) is 0 Å². The minimum atomic E-state index is 0.659. The molecule has 0 saturated carbocycles. The van der Waals surface area contributed by atoms with Gasteiger partial charge in [0, 0.05) is 11.6 Å². The van der Waals surface area contributed by atoms with Crippen molar-refractivity contribution in [3.8, 4) is 22.8 Å². The lowest BCUT2D eigenvalue weighted by atomic mass is 10.1. The van der Waals surface area contributed by atoms with E-state index in [2.05, 4.69) is 15.1 Å². The van der Waals surface area contributed by atoms with Crippen molar-refractivity contribution in [2.75, 3.05) is 7.11 Å². The van der Waals surface area contributed by atoms with Crippen LogP contribution in [-0.2, 0) is 6.54 Å². The van der Waals surface area contributed by atoms with Gasteiger partial charge >= 0.3 is 0 Å². The normalized spacial score (nSPS) is 12.3. The zero-order valence-corrected chi connectivity index (χ0v) is 10.3. The molecule has 0 unspecified atom stereocenters. The number of imidazole rings is 1. The Bertz CT molecular complexity index is 758. The van der Waals surface area contributed by atoms with Crippen LogP contribution < -0.4 is 4.74 Å². The molecule has 1 aromatic carbocycles. The molecular weight excluding hydrogens is 242 g/mol. The van der Waals surface area contributed by atoms with Crippen molar-refractivity contribution < 1.29 is 4.74 Å². The second-order valence-corrected chi connectivity index (χ2v) is 4.38. The highest BCUT2D eigenvalue weighted by Gasteiger charge is 2.20. The van der Waals surface area contributed by atoms with Crippen molar-refractivity contribution in [2.45, 2.75) is 6.54 Å². The molecule has 3 aromatic rings. The summed E-state index contributed by atoms with van der Waals surface area (Å²) in [6.45, 7) is 0.659. The fourth-order valence-corrected chi connectivity index (χ4v) is 2.43. The first kappa shape index (κ1) is 10.3. The molecule has 0 radical (unpaired) electrons. The van der Waals surface area contributed by atoms with Crippen molar-refractivity contribution in [3.63, 3.8) is 0 Å². The summed E-state index contributed by atoms with van der Waals surface area (Å²) in [7, 11) is 1.66. The molecule has 1 aliphatic rings. The van der Waals surface area contributed by atoms with E-state index in [1.165, 1.54) is 0 Å². The number of ether oxygens (including phenoxy) is 1. The van der Waals surface area contributed by atoms with Crippen LogP contribution in [0.15, 0.2) is 37.1 Å². The van der Waals surface area contributed by atoms with E-state index < -0.39 is 0 Å². The summed E-state index contributed by atoms with van der Waals surface area (Å²) in [6, 6.07) is 5.93. The molecule has 0 amide bonds. The average Bonchev–Trinajstić information content (AvgIpc) is 3.06. The molecule has 0 spiro atoms. The van der Waals surface area contributed by atoms with Gasteiger partial charge in [-0.2, -0.15) is 5.10 Å². The van der Waals surface area contributed by atoms with Crippen LogP contribution in [-0.4, -0.2) is 31.4 Å². The number of nitrogens with zero attached hydrogens (tertiary/aromatic N) is 5. The van der Waals surface area contributed by atoms with Gasteiger partial charge in [0.1, 0.15) is 12.1 Å². The van der Waals surface area contributed by atoms with Gasteiger partial charge in [0.05, 0.1) is 37.6 Å². The number of aromatic nitrogens is 5. The van der Waals surface area contributed by atoms with Gasteiger partial charge in [-0.3, -0.25) is 0 Å². The molecule has 0 aliphatic carbocycles. The lowest BCUT2D eigenvalue weighted by Gasteiger charge is -2.10. The van der Waals surface area contributed by atoms with Gasteiger partial charge in [-0.25, -0.2) is 14.6 Å². The van der Waals surface area contributed by atoms with Crippen molar-refractivity contribution in [3.05, 3.63) is 42.7 Å². The number of hydrogen-bond donors (Lipinski definition) is 0. The predicted molar refractivity (Wildman–Crippen MR) is 68.2 cm³/mol. The van der Waals surface area contributed by atoms with Gasteiger partial charge < -0.3 is 9.30 Å². The summed E-state index contributed by atoms with van der Waals surface area (Å²) in [6.07, 6.45) is 5.23. The van der Waals surface area contributed by atoms with Crippen molar-refractivity contribution in [1.82, 2.24) is 24.3 Å². The molecule has 19 heavy (non-hydrogen) atoms. The van der Waals surface area contributed by atoms with Crippen LogP contribution in [0, 0.1) is 0 Å². The quantitative estimate of drug-likeness (QED) is 0.516. The van der Waals surface area contributed by atoms with Crippen molar-refractivity contribution in [2.24, 2.45) is 0 Å². The van der Waals surface area contributed by atoms with Gasteiger partial charge in [0.15, 0.2) is 5.82 Å². The second-order valence-electron chi connectivity index (χ2n) is 4.38. The van der Waals surface area contributed by atoms with E-state index in [-0.39, 0.29) is 0 Å². The zero-order valence-electron chi connectivity index (χ0n) is 10.3. The maximum absolute atomic E-state index is 5.31. The standard InChI is InChI=1S/C13H11N5O/c1-19-10-2-3-11-12(4-10)17-8-14-5-9(17)6-18-13(11)15-7-16-18/h2-5,7-8H,6H2,1H3. The van der Waals surface area contributed by atoms with Crippen LogP contribution in [0.4, 0.5) is 0 Å². The lowest BCUT2D eigenvalue weighted by Crippen LogP contribution is -2.03. The molecule has 3 heterocycles. The molecular formula is C13H11N5O. The van der Waals surface area contributed by atoms with E-state index in [1.807, 2.05) is 33.6 Å². The van der Waals surface area contributed by atoms with Crippen LogP contribution in [0.3, 0.4) is 0 Å². The number of methoxy groups -OCH3 is 1. The van der Waals surface area contributed by atoms with E-state index in [9.17, 15) is 0 Å². The zero-order chi connectivity index (χ0) is 12.8. The van der Waals surface area contributed by atoms with Crippen LogP contribution in [0.5, 0.6) is 5.75 Å². The summed E-state index contributed by atoms with van der Waals surface area (Å²) in [5.41, 5.74) is 3.10. The topological polar surface area (TPSA) is 57.8 Å². The molecule has 0 saturated heterocycles. The molecule has 6 nitrogen and oxygen atoms in total. The lowest BCUT2D eigenvalue weighted by molar-refractivity contribution is 0.414. The molecule has 0 fully saturated rings. The fourth-order valence-electron chi connectivity index (χ4n) is 2.43. The monoisotopic (exact) mass is 253 g/mol. The molecule has 4 rings (SSSR count). The molecule has 94 valence electrons. The predicted octanol–water partition coefficient (Wildman–Crippen LogP) is 1.50. The Hall–Kier alpha value is -2.63. The second kappa shape index (κ2) is 3.68. The Morgan fingerprint density at radius 1 is 1.32 bits per heavy atom. The first-order valence-corrected chi connectivity index (χ1v) is 5.94. The highest BCUT2D eigenvalue weighted by Crippen LogP contribution is 2.32. The molecule has 0 bridgehead atoms. The number of benzene rings is 1. The molecule has 0 N–H and O–H groups in total. The van der Waals surface area contributed by atoms with Crippen LogP contribution in [0.2, 0.25) is 0 Å². The minimum absolute atomic E-state index is 0.659. The Morgan fingerprint density at radius 2 is 2.26 bits per heavy atom. The third kappa shape index (κ3) is 1.40. The summed E-state index contributed by atoms with van der Waals surface area (Å²) >= 11 is 0. The van der Waals surface area contributed by atoms with E-state index in [0.29, 0.717) is 6.54 Å². The number of hydrogen-bond acceptors (Lipinski definition) is 4. The van der Waals surface area contributed by atoms with Gasteiger partial charge in [-0.05, 0) is 12.1 Å². The Kier molecular flexibility index (Phi) is 2.00. The third-order valence-corrected chi connectivity index (χ3v) is 3.35. The van der Waals surface area contributed by atoms with Gasteiger partial charge in [-0.1, -0.05) is 0 Å². The fraction of sp³-hybridized carbons (Fsp3) is 0.154. The third-order valence-electron chi connectivity index (χ3n) is 3.35. The average molecular weight is 253 g/mol. The van der Waals surface area contributed by atoms with E-state index in [0.717, 1.165) is 28.5 Å². The van der Waals surface area contributed by atoms with E-state index >= 15 is 0 Å². The molecule has 0 atom stereocenters. The Labute approximate surface area is 109 Å². The van der Waals surface area contributed by atoms with Crippen LogP contribution >= 0.6 is 0 Å². The highest BCUT2D eigenvalue weighted by atomic mass is 16.5. The van der Waals surface area contributed by atoms with E-state index in [4.69, 9.17) is 4.74 Å². The maximum Gasteiger partial charge on any atom is 0.160 e. The first-order valence-electron chi connectivity index (χ1n) is 5.94. The Morgan fingerprint density at radius 3 is 3.16 bits per heavy atom. The Balaban J connectivity index is 2.08. The van der Waals surface area contributed by atoms with Crippen LogP contribution in [0.25, 0.3) is 17.1 Å². The summed E-state index contributed by atoms with van der Waals surface area (Å²) in [5, 5.41) is 4.27. The van der Waals surface area contributed by atoms with Gasteiger partial charge in [-0.15, -0.1) is 0 Å². The summed E-state index contributed by atoms with van der Waals surface area (Å²) in [5.74, 6) is 1.67. The summed E-state index contributed by atoms with van der Waals surface area (Å²) in [4.78, 5) is 8.57. The minimum Gasteiger partial charge on any atom is -0.497 e. The molecule has 1 aliphatic heterocycles. The van der Waals surface area contributed by atoms with Crippen molar-refractivity contribution in [1.29, 1.82) is 0 Å². The van der Waals surface area contributed by atoms with Crippen LogP contribution in [0.1, 0.15) is 5.69 Å². The SMILES string of the molecule is COc1ccc2c(c1)-n1cncc1Cn1ncnc1-2. The smallest absolute Gasteiger partial charge is 0.160 e. The summed E-state index contributed by atoms with van der Waals surface area (Å²) < 4.78 is 9.24. The van der Waals surface area contributed by atoms with Gasteiger partial charge in [0.2, 0.25) is 0 Å². The highest BCUT2D eigenvalue weighted by molar-refractivity contribution is 5.70. The first-order chi connectivity index (χ1) is 9.36. The van der Waals surface area contributed by atoms with E-state index in [1.54, 1.807) is 19.8 Å².